The van der Waals surface area contributed by atoms with E-state index in [-0.39, 0.29) is 5.91 Å². The van der Waals surface area contributed by atoms with Gasteiger partial charge in [-0.15, -0.1) is 0 Å². The van der Waals surface area contributed by atoms with Crippen LogP contribution in [-0.2, 0) is 6.61 Å². The summed E-state index contributed by atoms with van der Waals surface area (Å²) in [6, 6.07) is 13.2. The fourth-order valence-corrected chi connectivity index (χ4v) is 2.54. The van der Waals surface area contributed by atoms with Crippen molar-refractivity contribution in [3.05, 3.63) is 53.6 Å². The van der Waals surface area contributed by atoms with E-state index >= 15 is 0 Å². The first kappa shape index (κ1) is 17.1. The predicted octanol–water partition coefficient (Wildman–Crippen LogP) is 3.42. The Morgan fingerprint density at radius 3 is 2.28 bits per heavy atom. The van der Waals surface area contributed by atoms with Crippen LogP contribution in [0, 0.1) is 5.92 Å². The van der Waals surface area contributed by atoms with Crippen molar-refractivity contribution in [3.8, 4) is 17.2 Å². The number of carbonyl (C=O) groups is 1. The summed E-state index contributed by atoms with van der Waals surface area (Å²) in [6.45, 7) is 1.11. The highest BCUT2D eigenvalue weighted by Gasteiger charge is 2.23. The molecule has 0 radical (unpaired) electrons. The molecule has 0 unspecified atom stereocenters. The second kappa shape index (κ2) is 7.92. The van der Waals surface area contributed by atoms with Gasteiger partial charge >= 0.3 is 0 Å². The average molecular weight is 341 g/mol. The Balaban J connectivity index is 1.77. The van der Waals surface area contributed by atoms with Gasteiger partial charge < -0.3 is 19.5 Å². The number of carbonyl (C=O) groups excluding carboxylic acids is 1. The Bertz CT molecular complexity index is 701. The van der Waals surface area contributed by atoms with Gasteiger partial charge in [-0.3, -0.25) is 4.79 Å². The molecule has 0 heterocycles. The van der Waals surface area contributed by atoms with Gasteiger partial charge in [0.2, 0.25) is 5.75 Å². The average Bonchev–Trinajstić information content (AvgIpc) is 3.49. The molecule has 5 heteroatoms. The van der Waals surface area contributed by atoms with Crippen LogP contribution in [0.15, 0.2) is 42.5 Å². The van der Waals surface area contributed by atoms with Gasteiger partial charge in [0.15, 0.2) is 11.5 Å². The number of hydrogen-bond donors (Lipinski definition) is 1. The van der Waals surface area contributed by atoms with Crippen LogP contribution >= 0.6 is 0 Å². The summed E-state index contributed by atoms with van der Waals surface area (Å²) < 4.78 is 16.7. The third-order valence-electron chi connectivity index (χ3n) is 4.20. The van der Waals surface area contributed by atoms with Crippen LogP contribution in [0.2, 0.25) is 0 Å². The molecule has 1 saturated carbocycles. The molecule has 5 nitrogen and oxygen atoms in total. The van der Waals surface area contributed by atoms with Gasteiger partial charge in [0.05, 0.1) is 14.2 Å². The fourth-order valence-electron chi connectivity index (χ4n) is 2.54. The van der Waals surface area contributed by atoms with Crippen molar-refractivity contribution >= 4 is 5.91 Å². The van der Waals surface area contributed by atoms with Crippen LogP contribution in [-0.4, -0.2) is 26.7 Å². The van der Waals surface area contributed by atoms with E-state index in [1.54, 1.807) is 26.4 Å². The van der Waals surface area contributed by atoms with Gasteiger partial charge in [-0.25, -0.2) is 0 Å². The number of rotatable bonds is 8. The van der Waals surface area contributed by atoms with Gasteiger partial charge in [-0.2, -0.15) is 0 Å². The molecule has 0 bridgehead atoms. The van der Waals surface area contributed by atoms with Crippen molar-refractivity contribution in [2.75, 3.05) is 20.8 Å². The Hall–Kier alpha value is -2.69. The molecule has 2 aromatic carbocycles. The fraction of sp³-hybridized carbons (Fsp3) is 0.350. The predicted molar refractivity (Wildman–Crippen MR) is 95.4 cm³/mol. The summed E-state index contributed by atoms with van der Waals surface area (Å²) >= 11 is 0. The van der Waals surface area contributed by atoms with Crippen LogP contribution in [0.5, 0.6) is 17.2 Å². The second-order valence-electron chi connectivity index (χ2n) is 6.14. The summed E-state index contributed by atoms with van der Waals surface area (Å²) in [5.74, 6) is 1.95. The highest BCUT2D eigenvalue weighted by atomic mass is 16.5. The number of nitrogens with one attached hydrogen (secondary N) is 1. The molecule has 0 aliphatic heterocycles. The lowest BCUT2D eigenvalue weighted by Crippen LogP contribution is -2.25. The molecule has 0 atom stereocenters. The van der Waals surface area contributed by atoms with E-state index in [9.17, 15) is 4.79 Å². The van der Waals surface area contributed by atoms with E-state index in [0.717, 1.165) is 12.1 Å². The smallest absolute Gasteiger partial charge is 0.251 e. The molecule has 1 amide bonds. The second-order valence-corrected chi connectivity index (χ2v) is 6.14. The van der Waals surface area contributed by atoms with Crippen LogP contribution < -0.4 is 19.5 Å². The maximum atomic E-state index is 12.3. The highest BCUT2D eigenvalue weighted by Crippen LogP contribution is 2.39. The molecule has 1 fully saturated rings. The molecule has 132 valence electrons. The molecule has 25 heavy (non-hydrogen) atoms. The number of methoxy groups -OCH3 is 2. The molecule has 1 aliphatic rings. The molecule has 0 aromatic heterocycles. The minimum atomic E-state index is -0.127. The molecule has 2 aromatic rings. The summed E-state index contributed by atoms with van der Waals surface area (Å²) in [7, 11) is 3.10. The first-order valence-corrected chi connectivity index (χ1v) is 8.42. The van der Waals surface area contributed by atoms with Crippen LogP contribution in [0.1, 0.15) is 28.8 Å². The van der Waals surface area contributed by atoms with Crippen molar-refractivity contribution < 1.29 is 19.0 Å². The van der Waals surface area contributed by atoms with Crippen molar-refractivity contribution in [1.29, 1.82) is 0 Å². The van der Waals surface area contributed by atoms with E-state index in [1.807, 2.05) is 30.3 Å². The maximum absolute atomic E-state index is 12.3. The zero-order valence-corrected chi connectivity index (χ0v) is 14.6. The molecule has 0 saturated heterocycles. The van der Waals surface area contributed by atoms with Crippen molar-refractivity contribution in [3.63, 3.8) is 0 Å². The minimum Gasteiger partial charge on any atom is -0.493 e. The van der Waals surface area contributed by atoms with Gasteiger partial charge in [-0.1, -0.05) is 30.3 Å². The lowest BCUT2D eigenvalue weighted by Gasteiger charge is -2.16. The topological polar surface area (TPSA) is 56.8 Å². The third-order valence-corrected chi connectivity index (χ3v) is 4.20. The molecular formula is C20H23NO4. The molecule has 0 spiro atoms. The number of ether oxygens (including phenoxy) is 3. The molecule has 1 N–H and O–H groups in total. The number of amides is 1. The van der Waals surface area contributed by atoms with E-state index in [4.69, 9.17) is 14.2 Å². The lowest BCUT2D eigenvalue weighted by molar-refractivity contribution is 0.0951. The zero-order valence-electron chi connectivity index (χ0n) is 14.6. The maximum Gasteiger partial charge on any atom is 0.251 e. The monoisotopic (exact) mass is 341 g/mol. The van der Waals surface area contributed by atoms with Gasteiger partial charge in [-0.05, 0) is 36.5 Å². The summed E-state index contributed by atoms with van der Waals surface area (Å²) in [4.78, 5) is 12.3. The standard InChI is InChI=1S/C20H23NO4/c1-23-17-10-16(20(22)21-12-14-8-9-14)11-18(24-2)19(17)25-13-15-6-4-3-5-7-15/h3-7,10-11,14H,8-9,12-13H2,1-2H3,(H,21,22). The van der Waals surface area contributed by atoms with Crippen molar-refractivity contribution in [2.45, 2.75) is 19.4 Å². The summed E-state index contributed by atoms with van der Waals surface area (Å²) in [5.41, 5.74) is 1.54. The minimum absolute atomic E-state index is 0.127. The zero-order chi connectivity index (χ0) is 17.6. The molecule has 1 aliphatic carbocycles. The van der Waals surface area contributed by atoms with Crippen molar-refractivity contribution in [1.82, 2.24) is 5.32 Å². The van der Waals surface area contributed by atoms with Gasteiger partial charge in [0.1, 0.15) is 6.61 Å². The summed E-state index contributed by atoms with van der Waals surface area (Å²) in [6.07, 6.45) is 2.39. The first-order valence-electron chi connectivity index (χ1n) is 8.42. The lowest BCUT2D eigenvalue weighted by atomic mass is 10.1. The summed E-state index contributed by atoms with van der Waals surface area (Å²) in [5, 5.41) is 2.95. The quantitative estimate of drug-likeness (QED) is 0.799. The van der Waals surface area contributed by atoms with Gasteiger partial charge in [0, 0.05) is 12.1 Å². The number of benzene rings is 2. The molecular weight excluding hydrogens is 318 g/mol. The SMILES string of the molecule is COc1cc(C(=O)NCC2CC2)cc(OC)c1OCc1ccccc1. The van der Waals surface area contributed by atoms with E-state index in [2.05, 4.69) is 5.32 Å². The Kier molecular flexibility index (Phi) is 5.43. The van der Waals surface area contributed by atoms with E-state index < -0.39 is 0 Å². The first-order chi connectivity index (χ1) is 12.2. The largest absolute Gasteiger partial charge is 0.493 e. The van der Waals surface area contributed by atoms with Crippen LogP contribution in [0.3, 0.4) is 0 Å². The van der Waals surface area contributed by atoms with E-state index in [1.165, 1.54) is 12.8 Å². The Morgan fingerprint density at radius 1 is 1.08 bits per heavy atom. The normalized spacial score (nSPS) is 13.2. The van der Waals surface area contributed by atoms with E-state index in [0.29, 0.717) is 35.3 Å². The van der Waals surface area contributed by atoms with Gasteiger partial charge in [0.25, 0.3) is 5.91 Å². The Morgan fingerprint density at radius 2 is 1.72 bits per heavy atom. The van der Waals surface area contributed by atoms with Crippen molar-refractivity contribution in [2.24, 2.45) is 5.92 Å². The number of hydrogen-bond acceptors (Lipinski definition) is 4. The van der Waals surface area contributed by atoms with Crippen LogP contribution in [0.25, 0.3) is 0 Å². The molecule has 3 rings (SSSR count). The third kappa shape index (κ3) is 4.44. The Labute approximate surface area is 147 Å². The van der Waals surface area contributed by atoms with Crippen LogP contribution in [0.4, 0.5) is 0 Å². The highest BCUT2D eigenvalue weighted by molar-refractivity contribution is 5.95.